The van der Waals surface area contributed by atoms with Crippen LogP contribution in [0.3, 0.4) is 0 Å². The summed E-state index contributed by atoms with van der Waals surface area (Å²) in [5.74, 6) is 1.33. The molecule has 15 heavy (non-hydrogen) atoms. The SMILES string of the molecule is CCNCC(=Cc1ccc(Cl)o1)C(C)C. The highest BCUT2D eigenvalue weighted by Gasteiger charge is 2.04. The molecule has 1 aromatic heterocycles. The Labute approximate surface area is 96.3 Å². The average molecular weight is 228 g/mol. The summed E-state index contributed by atoms with van der Waals surface area (Å²) >= 11 is 5.72. The Morgan fingerprint density at radius 1 is 1.53 bits per heavy atom. The molecule has 1 rings (SSSR count). The molecular formula is C12H18ClNO. The van der Waals surface area contributed by atoms with E-state index < -0.39 is 0 Å². The molecule has 3 heteroatoms. The van der Waals surface area contributed by atoms with Crippen LogP contribution >= 0.6 is 11.6 Å². The monoisotopic (exact) mass is 227 g/mol. The van der Waals surface area contributed by atoms with Crippen molar-refractivity contribution < 1.29 is 4.42 Å². The van der Waals surface area contributed by atoms with E-state index in [4.69, 9.17) is 16.0 Å². The number of furan rings is 1. The number of halogens is 1. The van der Waals surface area contributed by atoms with Gasteiger partial charge in [0.25, 0.3) is 0 Å². The van der Waals surface area contributed by atoms with Crippen molar-refractivity contribution in [3.05, 3.63) is 28.7 Å². The molecular weight excluding hydrogens is 210 g/mol. The lowest BCUT2D eigenvalue weighted by atomic mass is 10.0. The van der Waals surface area contributed by atoms with Gasteiger partial charge in [0.15, 0.2) is 5.22 Å². The Hall–Kier alpha value is -0.730. The van der Waals surface area contributed by atoms with Gasteiger partial charge >= 0.3 is 0 Å². The van der Waals surface area contributed by atoms with Crippen molar-refractivity contribution in [2.75, 3.05) is 13.1 Å². The highest BCUT2D eigenvalue weighted by Crippen LogP contribution is 2.18. The van der Waals surface area contributed by atoms with E-state index >= 15 is 0 Å². The van der Waals surface area contributed by atoms with E-state index in [1.807, 2.05) is 6.07 Å². The first-order valence-electron chi connectivity index (χ1n) is 5.30. The van der Waals surface area contributed by atoms with Crippen molar-refractivity contribution in [3.63, 3.8) is 0 Å². The van der Waals surface area contributed by atoms with Crippen molar-refractivity contribution in [3.8, 4) is 0 Å². The molecule has 0 aliphatic carbocycles. The van der Waals surface area contributed by atoms with Gasteiger partial charge in [-0.05, 0) is 42.3 Å². The van der Waals surface area contributed by atoms with Crippen LogP contribution in [0, 0.1) is 5.92 Å². The van der Waals surface area contributed by atoms with E-state index in [1.54, 1.807) is 6.07 Å². The molecule has 0 bridgehead atoms. The average Bonchev–Trinajstić information content (AvgIpc) is 2.58. The van der Waals surface area contributed by atoms with Crippen molar-refractivity contribution in [2.45, 2.75) is 20.8 Å². The molecule has 0 saturated carbocycles. The Kier molecular flexibility index (Phi) is 4.92. The van der Waals surface area contributed by atoms with Crippen LogP contribution in [0.1, 0.15) is 26.5 Å². The fourth-order valence-corrected chi connectivity index (χ4v) is 1.43. The lowest BCUT2D eigenvalue weighted by Crippen LogP contribution is -2.18. The van der Waals surface area contributed by atoms with Gasteiger partial charge in [-0.3, -0.25) is 0 Å². The Morgan fingerprint density at radius 2 is 2.27 bits per heavy atom. The van der Waals surface area contributed by atoms with E-state index in [0.717, 1.165) is 18.8 Å². The van der Waals surface area contributed by atoms with Crippen LogP contribution in [0.4, 0.5) is 0 Å². The zero-order chi connectivity index (χ0) is 11.3. The van der Waals surface area contributed by atoms with Crippen LogP contribution in [0.25, 0.3) is 6.08 Å². The standard InChI is InChI=1S/C12H18ClNO/c1-4-14-8-10(9(2)3)7-11-5-6-12(13)15-11/h5-7,9,14H,4,8H2,1-3H3. The fraction of sp³-hybridized carbons (Fsp3) is 0.500. The second-order valence-corrected chi connectivity index (χ2v) is 4.17. The lowest BCUT2D eigenvalue weighted by Gasteiger charge is -2.11. The maximum Gasteiger partial charge on any atom is 0.193 e. The fourth-order valence-electron chi connectivity index (χ4n) is 1.28. The molecule has 0 radical (unpaired) electrons. The molecule has 1 aromatic rings. The minimum Gasteiger partial charge on any atom is -0.445 e. The first kappa shape index (κ1) is 12.3. The van der Waals surface area contributed by atoms with Crippen LogP contribution in [0.5, 0.6) is 0 Å². The summed E-state index contributed by atoms with van der Waals surface area (Å²) < 4.78 is 5.31. The Balaban J connectivity index is 2.74. The molecule has 1 heterocycles. The predicted octanol–water partition coefficient (Wildman–Crippen LogP) is 3.58. The zero-order valence-corrected chi connectivity index (χ0v) is 10.3. The number of hydrogen-bond acceptors (Lipinski definition) is 2. The Bertz CT molecular complexity index is 328. The molecule has 0 aromatic carbocycles. The molecule has 0 saturated heterocycles. The van der Waals surface area contributed by atoms with Gasteiger partial charge in [0.1, 0.15) is 5.76 Å². The smallest absolute Gasteiger partial charge is 0.193 e. The third-order valence-electron chi connectivity index (χ3n) is 2.24. The van der Waals surface area contributed by atoms with E-state index in [-0.39, 0.29) is 0 Å². The summed E-state index contributed by atoms with van der Waals surface area (Å²) in [4.78, 5) is 0. The zero-order valence-electron chi connectivity index (χ0n) is 9.51. The molecule has 1 N–H and O–H groups in total. The molecule has 0 aliphatic heterocycles. The molecule has 84 valence electrons. The van der Waals surface area contributed by atoms with Crippen LogP contribution < -0.4 is 5.32 Å². The summed E-state index contributed by atoms with van der Waals surface area (Å²) in [6.45, 7) is 8.32. The number of nitrogens with one attached hydrogen (secondary N) is 1. The quantitative estimate of drug-likeness (QED) is 0.832. The van der Waals surface area contributed by atoms with E-state index in [0.29, 0.717) is 11.1 Å². The number of likely N-dealkylation sites (N-methyl/N-ethyl adjacent to an activating group) is 1. The topological polar surface area (TPSA) is 25.2 Å². The Morgan fingerprint density at radius 3 is 2.73 bits per heavy atom. The normalized spacial score (nSPS) is 12.5. The maximum atomic E-state index is 5.72. The van der Waals surface area contributed by atoms with Gasteiger partial charge in [-0.15, -0.1) is 0 Å². The van der Waals surface area contributed by atoms with Gasteiger partial charge in [0.2, 0.25) is 0 Å². The molecule has 0 spiro atoms. The van der Waals surface area contributed by atoms with Crippen LogP contribution in [-0.4, -0.2) is 13.1 Å². The molecule has 0 atom stereocenters. The van der Waals surface area contributed by atoms with Crippen LogP contribution in [-0.2, 0) is 0 Å². The second-order valence-electron chi connectivity index (χ2n) is 3.80. The third-order valence-corrected chi connectivity index (χ3v) is 2.45. The lowest BCUT2D eigenvalue weighted by molar-refractivity contribution is 0.556. The van der Waals surface area contributed by atoms with Gasteiger partial charge in [0, 0.05) is 6.54 Å². The van der Waals surface area contributed by atoms with Crippen molar-refractivity contribution >= 4 is 17.7 Å². The molecule has 0 unspecified atom stereocenters. The summed E-state index contributed by atoms with van der Waals surface area (Å²) in [5.41, 5.74) is 1.32. The van der Waals surface area contributed by atoms with Gasteiger partial charge in [-0.2, -0.15) is 0 Å². The molecule has 0 aliphatic rings. The predicted molar refractivity (Wildman–Crippen MR) is 65.1 cm³/mol. The summed E-state index contributed by atoms with van der Waals surface area (Å²) in [6.07, 6.45) is 2.05. The van der Waals surface area contributed by atoms with Crippen molar-refractivity contribution in [2.24, 2.45) is 5.92 Å². The largest absolute Gasteiger partial charge is 0.445 e. The summed E-state index contributed by atoms with van der Waals surface area (Å²) in [6, 6.07) is 3.65. The van der Waals surface area contributed by atoms with E-state index in [2.05, 4.69) is 32.2 Å². The minimum atomic E-state index is 0.438. The summed E-state index contributed by atoms with van der Waals surface area (Å²) in [5, 5.41) is 3.75. The van der Waals surface area contributed by atoms with Crippen molar-refractivity contribution in [1.82, 2.24) is 5.32 Å². The number of rotatable bonds is 5. The van der Waals surface area contributed by atoms with Crippen LogP contribution in [0.2, 0.25) is 5.22 Å². The van der Waals surface area contributed by atoms with Gasteiger partial charge in [0.05, 0.1) is 0 Å². The first-order chi connectivity index (χ1) is 7.13. The maximum absolute atomic E-state index is 5.72. The molecule has 2 nitrogen and oxygen atoms in total. The van der Waals surface area contributed by atoms with Gasteiger partial charge in [-0.1, -0.05) is 26.3 Å². The molecule has 0 amide bonds. The minimum absolute atomic E-state index is 0.438. The highest BCUT2D eigenvalue weighted by molar-refractivity contribution is 6.28. The molecule has 0 fully saturated rings. The van der Waals surface area contributed by atoms with Gasteiger partial charge < -0.3 is 9.73 Å². The van der Waals surface area contributed by atoms with Gasteiger partial charge in [-0.25, -0.2) is 0 Å². The van der Waals surface area contributed by atoms with Crippen molar-refractivity contribution in [1.29, 1.82) is 0 Å². The first-order valence-corrected chi connectivity index (χ1v) is 5.67. The summed E-state index contributed by atoms with van der Waals surface area (Å²) in [7, 11) is 0. The highest BCUT2D eigenvalue weighted by atomic mass is 35.5. The number of hydrogen-bond donors (Lipinski definition) is 1. The third kappa shape index (κ3) is 4.10. The van der Waals surface area contributed by atoms with E-state index in [1.165, 1.54) is 5.57 Å². The van der Waals surface area contributed by atoms with Crippen LogP contribution in [0.15, 0.2) is 22.1 Å². The van der Waals surface area contributed by atoms with E-state index in [9.17, 15) is 0 Å². The second kappa shape index (κ2) is 5.99.